The number of rotatable bonds is 16. The van der Waals surface area contributed by atoms with E-state index in [1.807, 2.05) is 74.5 Å². The number of allylic oxidation sites excluding steroid dienone is 2. The number of para-hydroxylation sites is 8. The van der Waals surface area contributed by atoms with E-state index in [-0.39, 0.29) is 0 Å². The molecule has 0 fully saturated rings. The fraction of sp³-hybridized carbons (Fsp3) is 0.0261. The fourth-order valence-electron chi connectivity index (χ4n) is 17.0. The van der Waals surface area contributed by atoms with Crippen molar-refractivity contribution < 1.29 is 27.7 Å². The molecular formula is C115H83BN2O6. The highest BCUT2D eigenvalue weighted by Gasteiger charge is 2.22. The highest BCUT2D eigenvalue weighted by molar-refractivity contribution is 6.58. The third-order valence-corrected chi connectivity index (χ3v) is 23.6. The maximum atomic E-state index is 8.79. The molecule has 0 aliphatic carbocycles. The SMILES string of the molecule is C=C(C)c1ccc(-c2ccc(-c3ccc(N(c4ccc(-c5cccc6c5oc5ccccc56)cc4)c4ccc(-c5cccc6c5oc5ccccc56)cc4)cc3)cc2)cc1.C=C(C)c1ccc(B(O)O)cc1.Cc1ccc(-c2ccc(N(c3ccc(-c4cccc5c4oc4ccccc45)cc3)c3ccc(-c4cccc5c4oc4ccccc45)cc3)cc2)cc1. The van der Waals surface area contributed by atoms with E-state index in [1.165, 1.54) is 33.4 Å². The zero-order valence-corrected chi connectivity index (χ0v) is 68.7. The molecule has 0 unspecified atom stereocenters. The summed E-state index contributed by atoms with van der Waals surface area (Å²) < 4.78 is 25.6. The van der Waals surface area contributed by atoms with Crippen molar-refractivity contribution in [2.75, 3.05) is 9.80 Å². The first-order valence-electron chi connectivity index (χ1n) is 41.7. The predicted octanol–water partition coefficient (Wildman–Crippen LogP) is 31.3. The standard InChI is InChI=1S/C57H39NO2.C49H33NO2.C9H11BO2/c1-37(2)38-17-19-39(20-18-38)40-21-23-41(24-22-40)42-25-31-45(32-26-42)58(46-33-27-43(28-34-46)48-11-7-13-52-50-9-3-5-15-54(50)59-56(48)52)47-35-29-44(30-36-47)49-12-8-14-53-51-10-4-6-16-55(51)60-57(49)53;1-32-16-18-33(19-17-32)34-20-26-37(27-21-34)50(38-28-22-35(23-29-38)40-10-6-12-44-42-8-2-4-14-46(42)51-48(40)44)39-30-24-36(25-31-39)41-11-7-13-45-43-9-3-5-15-47(43)52-49(41)45;1-7(2)8-3-5-9(6-4-8)10(11)12/h3-36H,1H2,2H3;2-31H,1H3;3-6,11-12H,1H2,2H3. The van der Waals surface area contributed by atoms with Gasteiger partial charge >= 0.3 is 7.12 Å². The number of furan rings is 4. The molecule has 0 bridgehead atoms. The van der Waals surface area contributed by atoms with E-state index in [0.717, 1.165) is 194 Å². The Bertz CT molecular complexity index is 7380. The molecule has 0 spiro atoms. The average Bonchev–Trinajstić information content (AvgIpc) is 1.61. The Labute approximate surface area is 719 Å². The van der Waals surface area contributed by atoms with Gasteiger partial charge in [-0.25, -0.2) is 0 Å². The Morgan fingerprint density at radius 3 is 0.669 bits per heavy atom. The van der Waals surface area contributed by atoms with Crippen molar-refractivity contribution in [2.24, 2.45) is 0 Å². The van der Waals surface area contributed by atoms with Gasteiger partial charge in [0.1, 0.15) is 44.7 Å². The summed E-state index contributed by atoms with van der Waals surface area (Å²) in [6, 6.07) is 145. The lowest BCUT2D eigenvalue weighted by Crippen LogP contribution is -2.29. The highest BCUT2D eigenvalue weighted by atomic mass is 16.4. The molecule has 0 aliphatic rings. The van der Waals surface area contributed by atoms with E-state index >= 15 is 0 Å². The van der Waals surface area contributed by atoms with Gasteiger partial charge in [-0.05, 0) is 190 Å². The molecule has 18 aromatic carbocycles. The molecule has 0 radical (unpaired) electrons. The summed E-state index contributed by atoms with van der Waals surface area (Å²) in [6.45, 7) is 13.9. The molecule has 4 heterocycles. The number of hydrogen-bond acceptors (Lipinski definition) is 8. The maximum absolute atomic E-state index is 8.79. The Hall–Kier alpha value is -15.8. The van der Waals surface area contributed by atoms with Gasteiger partial charge in [-0.15, -0.1) is 0 Å². The van der Waals surface area contributed by atoms with Crippen LogP contribution in [0.3, 0.4) is 0 Å². The minimum absolute atomic E-state index is 0.500. The van der Waals surface area contributed by atoms with Gasteiger partial charge < -0.3 is 37.5 Å². The summed E-state index contributed by atoms with van der Waals surface area (Å²) in [6.07, 6.45) is 0. The summed E-state index contributed by atoms with van der Waals surface area (Å²) in [4.78, 5) is 4.63. The zero-order valence-electron chi connectivity index (χ0n) is 68.7. The molecule has 124 heavy (non-hydrogen) atoms. The Morgan fingerprint density at radius 2 is 0.427 bits per heavy atom. The average molecular weight is 1600 g/mol. The molecule has 0 aliphatic heterocycles. The molecule has 22 aromatic rings. The number of benzene rings is 18. The van der Waals surface area contributed by atoms with Gasteiger partial charge in [0.15, 0.2) is 0 Å². The summed E-state index contributed by atoms with van der Waals surface area (Å²) in [5.74, 6) is 0. The number of hydrogen-bond donors (Lipinski definition) is 2. The summed E-state index contributed by atoms with van der Waals surface area (Å²) in [5, 5.41) is 26.6. The second kappa shape index (κ2) is 33.1. The van der Waals surface area contributed by atoms with Crippen LogP contribution in [0.5, 0.6) is 0 Å². The number of anilines is 6. The van der Waals surface area contributed by atoms with Crippen molar-refractivity contribution in [3.05, 3.63) is 442 Å². The maximum Gasteiger partial charge on any atom is 0.488 e. The van der Waals surface area contributed by atoms with E-state index in [9.17, 15) is 0 Å². The molecule has 8 nitrogen and oxygen atoms in total. The van der Waals surface area contributed by atoms with Gasteiger partial charge in [-0.3, -0.25) is 0 Å². The summed E-state index contributed by atoms with van der Waals surface area (Å²) >= 11 is 0. The molecule has 9 heteroatoms. The van der Waals surface area contributed by atoms with E-state index in [4.69, 9.17) is 27.7 Å². The van der Waals surface area contributed by atoms with Crippen molar-refractivity contribution in [1.29, 1.82) is 0 Å². The summed E-state index contributed by atoms with van der Waals surface area (Å²) in [7, 11) is -1.39. The van der Waals surface area contributed by atoms with Gasteiger partial charge in [0.05, 0.1) is 0 Å². The molecule has 4 aromatic heterocycles. The van der Waals surface area contributed by atoms with Crippen LogP contribution in [0, 0.1) is 6.92 Å². The normalized spacial score (nSPS) is 11.3. The van der Waals surface area contributed by atoms with Crippen molar-refractivity contribution in [3.63, 3.8) is 0 Å². The monoisotopic (exact) mass is 1600 g/mol. The lowest BCUT2D eigenvalue weighted by molar-refractivity contribution is 0.426. The van der Waals surface area contributed by atoms with E-state index in [2.05, 4.69) is 370 Å². The Balaban J connectivity index is 0.000000139. The first kappa shape index (κ1) is 76.9. The lowest BCUT2D eigenvalue weighted by Gasteiger charge is -2.26. The molecule has 2 N–H and O–H groups in total. The Morgan fingerprint density at radius 1 is 0.226 bits per heavy atom. The first-order chi connectivity index (χ1) is 60.8. The van der Waals surface area contributed by atoms with Gasteiger partial charge in [0, 0.05) is 99.5 Å². The van der Waals surface area contributed by atoms with Crippen LogP contribution >= 0.6 is 0 Å². The van der Waals surface area contributed by atoms with Crippen molar-refractivity contribution >= 4 is 146 Å². The minimum Gasteiger partial charge on any atom is -0.455 e. The largest absolute Gasteiger partial charge is 0.488 e. The Kier molecular flexibility index (Phi) is 20.5. The van der Waals surface area contributed by atoms with Crippen LogP contribution in [-0.4, -0.2) is 17.2 Å². The molecular weight excluding hydrogens is 1520 g/mol. The predicted molar refractivity (Wildman–Crippen MR) is 520 cm³/mol. The van der Waals surface area contributed by atoms with Gasteiger partial charge in [0.2, 0.25) is 0 Å². The van der Waals surface area contributed by atoms with Crippen LogP contribution in [0.4, 0.5) is 34.1 Å². The third-order valence-electron chi connectivity index (χ3n) is 23.6. The summed E-state index contributed by atoms with van der Waals surface area (Å²) in [5.41, 5.74) is 35.4. The number of nitrogens with zero attached hydrogens (tertiary/aromatic N) is 2. The van der Waals surface area contributed by atoms with E-state index in [1.54, 1.807) is 12.1 Å². The molecule has 22 rings (SSSR count). The number of fused-ring (bicyclic) bond motifs is 12. The highest BCUT2D eigenvalue weighted by Crippen LogP contribution is 2.46. The molecule has 0 amide bonds. The smallest absolute Gasteiger partial charge is 0.455 e. The number of aryl methyl sites for hydroxylation is 1. The second-order valence-electron chi connectivity index (χ2n) is 31.7. The molecule has 592 valence electrons. The lowest BCUT2D eigenvalue weighted by atomic mass is 9.80. The first-order valence-corrected chi connectivity index (χ1v) is 41.7. The second-order valence-corrected chi connectivity index (χ2v) is 31.7. The van der Waals surface area contributed by atoms with Crippen molar-refractivity contribution in [1.82, 2.24) is 0 Å². The fourth-order valence-corrected chi connectivity index (χ4v) is 17.0. The van der Waals surface area contributed by atoms with Gasteiger partial charge in [-0.1, -0.05) is 345 Å². The van der Waals surface area contributed by atoms with Gasteiger partial charge in [-0.2, -0.15) is 0 Å². The van der Waals surface area contributed by atoms with Crippen LogP contribution < -0.4 is 15.3 Å². The van der Waals surface area contributed by atoms with Crippen molar-refractivity contribution in [3.8, 4) is 77.9 Å². The van der Waals surface area contributed by atoms with E-state index < -0.39 is 7.12 Å². The third kappa shape index (κ3) is 15.0. The van der Waals surface area contributed by atoms with Crippen LogP contribution in [-0.2, 0) is 0 Å². The van der Waals surface area contributed by atoms with Crippen molar-refractivity contribution in [2.45, 2.75) is 20.8 Å². The zero-order chi connectivity index (χ0) is 83.9. The van der Waals surface area contributed by atoms with Crippen LogP contribution in [0.2, 0.25) is 0 Å². The topological polar surface area (TPSA) is 99.5 Å². The quantitative estimate of drug-likeness (QED) is 0.0923. The minimum atomic E-state index is -1.39. The molecule has 0 atom stereocenters. The molecule has 0 saturated heterocycles. The van der Waals surface area contributed by atoms with E-state index in [0.29, 0.717) is 5.46 Å². The van der Waals surface area contributed by atoms with Crippen LogP contribution in [0.1, 0.15) is 30.5 Å². The van der Waals surface area contributed by atoms with Gasteiger partial charge in [0.25, 0.3) is 0 Å². The van der Waals surface area contributed by atoms with Crippen LogP contribution in [0.15, 0.2) is 443 Å². The molecule has 0 saturated carbocycles. The van der Waals surface area contributed by atoms with Crippen LogP contribution in [0.25, 0.3) is 177 Å².